The van der Waals surface area contributed by atoms with Crippen molar-refractivity contribution in [1.82, 2.24) is 0 Å². The highest BCUT2D eigenvalue weighted by atomic mass is 32.1. The summed E-state index contributed by atoms with van der Waals surface area (Å²) in [6.45, 7) is 1.65. The Bertz CT molecular complexity index is 516. The molecule has 1 N–H and O–H groups in total. The van der Waals surface area contributed by atoms with Gasteiger partial charge in [-0.3, -0.25) is 0 Å². The quantitative estimate of drug-likeness (QED) is 0.785. The van der Waals surface area contributed by atoms with Gasteiger partial charge in [0.1, 0.15) is 5.82 Å². The summed E-state index contributed by atoms with van der Waals surface area (Å²) in [7, 11) is 0. The Morgan fingerprint density at radius 2 is 2.29 bits per heavy atom. The Labute approximate surface area is 83.6 Å². The molecule has 2 rings (SSSR count). The lowest BCUT2D eigenvalue weighted by Gasteiger charge is -2.02. The van der Waals surface area contributed by atoms with E-state index < -0.39 is 11.8 Å². The van der Waals surface area contributed by atoms with E-state index in [0.717, 1.165) is 6.07 Å². The Morgan fingerprint density at radius 3 is 2.93 bits per heavy atom. The van der Waals surface area contributed by atoms with Gasteiger partial charge >= 0.3 is 5.97 Å². The highest BCUT2D eigenvalue weighted by Crippen LogP contribution is 2.29. The zero-order chi connectivity index (χ0) is 10.3. The van der Waals surface area contributed by atoms with Gasteiger partial charge in [-0.2, -0.15) is 0 Å². The summed E-state index contributed by atoms with van der Waals surface area (Å²) >= 11 is 1.36. The van der Waals surface area contributed by atoms with E-state index in [1.807, 2.05) is 0 Å². The van der Waals surface area contributed by atoms with Crippen LogP contribution in [0, 0.1) is 12.7 Å². The molecule has 14 heavy (non-hydrogen) atoms. The van der Waals surface area contributed by atoms with Crippen LogP contribution in [0.15, 0.2) is 17.5 Å². The molecule has 0 spiro atoms. The third kappa shape index (κ3) is 1.19. The predicted molar refractivity (Wildman–Crippen MR) is 53.5 cm³/mol. The van der Waals surface area contributed by atoms with E-state index in [9.17, 15) is 9.18 Å². The van der Waals surface area contributed by atoms with Gasteiger partial charge in [0.25, 0.3) is 0 Å². The molecule has 2 aromatic rings. The maximum absolute atomic E-state index is 13.3. The van der Waals surface area contributed by atoms with E-state index in [2.05, 4.69) is 0 Å². The number of aromatic carboxylic acids is 1. The van der Waals surface area contributed by atoms with E-state index in [0.29, 0.717) is 15.6 Å². The molecule has 0 aliphatic carbocycles. The van der Waals surface area contributed by atoms with Crippen LogP contribution in [0.3, 0.4) is 0 Å². The van der Waals surface area contributed by atoms with Crippen LogP contribution < -0.4 is 0 Å². The number of aryl methyl sites for hydroxylation is 1. The van der Waals surface area contributed by atoms with Gasteiger partial charge in [0.2, 0.25) is 0 Å². The summed E-state index contributed by atoms with van der Waals surface area (Å²) in [4.78, 5) is 10.8. The lowest BCUT2D eigenvalue weighted by atomic mass is 10.1. The van der Waals surface area contributed by atoms with Crippen molar-refractivity contribution in [3.05, 3.63) is 34.5 Å². The normalized spacial score (nSPS) is 10.7. The Balaban J connectivity index is 2.91. The topological polar surface area (TPSA) is 37.3 Å². The van der Waals surface area contributed by atoms with Crippen molar-refractivity contribution >= 4 is 27.4 Å². The van der Waals surface area contributed by atoms with E-state index in [-0.39, 0.29) is 5.56 Å². The second kappa shape index (κ2) is 3.06. The van der Waals surface area contributed by atoms with Crippen LogP contribution in [0.2, 0.25) is 0 Å². The van der Waals surface area contributed by atoms with Crippen molar-refractivity contribution in [2.45, 2.75) is 6.92 Å². The molecule has 0 amide bonds. The molecule has 0 aliphatic heterocycles. The molecule has 0 aliphatic rings. The minimum atomic E-state index is -1.09. The van der Waals surface area contributed by atoms with Crippen LogP contribution >= 0.6 is 11.3 Å². The second-order valence-electron chi connectivity index (χ2n) is 3.00. The monoisotopic (exact) mass is 210 g/mol. The molecule has 1 aromatic heterocycles. The molecule has 0 saturated carbocycles. The van der Waals surface area contributed by atoms with Crippen molar-refractivity contribution in [2.75, 3.05) is 0 Å². The predicted octanol–water partition coefficient (Wildman–Crippen LogP) is 3.05. The number of carbonyl (C=O) groups is 1. The number of halogens is 1. The average Bonchev–Trinajstić information content (AvgIpc) is 2.59. The first-order chi connectivity index (χ1) is 6.61. The summed E-state index contributed by atoms with van der Waals surface area (Å²) in [5, 5.41) is 11.2. The van der Waals surface area contributed by atoms with E-state index in [4.69, 9.17) is 5.11 Å². The summed E-state index contributed by atoms with van der Waals surface area (Å²) in [5.41, 5.74) is 0.546. The lowest BCUT2D eigenvalue weighted by molar-refractivity contribution is 0.0698. The first-order valence-corrected chi connectivity index (χ1v) is 4.89. The van der Waals surface area contributed by atoms with Gasteiger partial charge in [-0.25, -0.2) is 9.18 Å². The fraction of sp³-hybridized carbons (Fsp3) is 0.100. The number of thiophene rings is 1. The largest absolute Gasteiger partial charge is 0.478 e. The van der Waals surface area contributed by atoms with Crippen LogP contribution in [0.5, 0.6) is 0 Å². The highest BCUT2D eigenvalue weighted by Gasteiger charge is 2.14. The molecular formula is C10H7FO2S. The molecule has 0 unspecified atom stereocenters. The van der Waals surface area contributed by atoms with Gasteiger partial charge in [0.05, 0.1) is 5.56 Å². The smallest absolute Gasteiger partial charge is 0.336 e. The van der Waals surface area contributed by atoms with E-state index in [1.165, 1.54) is 11.3 Å². The van der Waals surface area contributed by atoms with Gasteiger partial charge in [-0.1, -0.05) is 0 Å². The molecule has 4 heteroatoms. The molecule has 72 valence electrons. The Morgan fingerprint density at radius 1 is 1.57 bits per heavy atom. The average molecular weight is 210 g/mol. The standard InChI is InChI=1S/C10H7FO2S/c1-5-8(11)4-7(10(12)13)6-2-3-14-9(5)6/h2-4H,1H3,(H,12,13). The summed E-state index contributed by atoms with van der Waals surface area (Å²) in [6.07, 6.45) is 0. The number of fused-ring (bicyclic) bond motifs is 1. The first-order valence-electron chi connectivity index (χ1n) is 4.01. The summed E-state index contributed by atoms with van der Waals surface area (Å²) in [6, 6.07) is 2.78. The fourth-order valence-electron chi connectivity index (χ4n) is 1.41. The van der Waals surface area contributed by atoms with Crippen LogP contribution in [-0.4, -0.2) is 11.1 Å². The zero-order valence-corrected chi connectivity index (χ0v) is 8.19. The van der Waals surface area contributed by atoms with Crippen LogP contribution in [0.4, 0.5) is 4.39 Å². The minimum Gasteiger partial charge on any atom is -0.478 e. The number of rotatable bonds is 1. The molecule has 0 bridgehead atoms. The lowest BCUT2D eigenvalue weighted by Crippen LogP contribution is -1.98. The number of carboxylic acids is 1. The van der Waals surface area contributed by atoms with Crippen molar-refractivity contribution in [1.29, 1.82) is 0 Å². The third-order valence-corrected chi connectivity index (χ3v) is 3.19. The molecule has 0 radical (unpaired) electrons. The Kier molecular flexibility index (Phi) is 2.00. The summed E-state index contributed by atoms with van der Waals surface area (Å²) < 4.78 is 14.0. The summed E-state index contributed by atoms with van der Waals surface area (Å²) in [5.74, 6) is -1.55. The molecule has 1 aromatic carbocycles. The van der Waals surface area contributed by atoms with Crippen molar-refractivity contribution < 1.29 is 14.3 Å². The van der Waals surface area contributed by atoms with Crippen molar-refractivity contribution in [3.8, 4) is 0 Å². The number of carboxylic acid groups (broad SMARTS) is 1. The van der Waals surface area contributed by atoms with E-state index >= 15 is 0 Å². The van der Waals surface area contributed by atoms with Crippen molar-refractivity contribution in [2.24, 2.45) is 0 Å². The number of hydrogen-bond donors (Lipinski definition) is 1. The third-order valence-electron chi connectivity index (χ3n) is 2.16. The Hall–Kier alpha value is -1.42. The molecular weight excluding hydrogens is 203 g/mol. The molecule has 0 fully saturated rings. The van der Waals surface area contributed by atoms with Crippen molar-refractivity contribution in [3.63, 3.8) is 0 Å². The van der Waals surface area contributed by atoms with Gasteiger partial charge in [-0.05, 0) is 24.4 Å². The number of benzene rings is 1. The minimum absolute atomic E-state index is 0.0318. The van der Waals surface area contributed by atoms with Gasteiger partial charge in [-0.15, -0.1) is 11.3 Å². The molecule has 2 nitrogen and oxygen atoms in total. The molecule has 0 atom stereocenters. The highest BCUT2D eigenvalue weighted by molar-refractivity contribution is 7.17. The van der Waals surface area contributed by atoms with Gasteiger partial charge < -0.3 is 5.11 Å². The fourth-order valence-corrected chi connectivity index (χ4v) is 2.33. The maximum atomic E-state index is 13.3. The number of hydrogen-bond acceptors (Lipinski definition) is 2. The van der Waals surface area contributed by atoms with Gasteiger partial charge in [0, 0.05) is 15.6 Å². The van der Waals surface area contributed by atoms with Crippen LogP contribution in [-0.2, 0) is 0 Å². The van der Waals surface area contributed by atoms with Crippen LogP contribution in [0.25, 0.3) is 10.1 Å². The molecule has 1 heterocycles. The second-order valence-corrected chi connectivity index (χ2v) is 3.92. The maximum Gasteiger partial charge on any atom is 0.336 e. The zero-order valence-electron chi connectivity index (χ0n) is 7.37. The van der Waals surface area contributed by atoms with Crippen LogP contribution in [0.1, 0.15) is 15.9 Å². The van der Waals surface area contributed by atoms with Gasteiger partial charge in [0.15, 0.2) is 0 Å². The van der Waals surface area contributed by atoms with E-state index in [1.54, 1.807) is 18.4 Å². The first kappa shape index (κ1) is 9.15. The SMILES string of the molecule is Cc1c(F)cc(C(=O)O)c2ccsc12. The molecule has 0 saturated heterocycles.